The zero-order valence-electron chi connectivity index (χ0n) is 18.1. The minimum absolute atomic E-state index is 0. The number of esters is 1. The molecule has 1 heterocycles. The van der Waals surface area contributed by atoms with E-state index in [-0.39, 0.29) is 25.3 Å². The van der Waals surface area contributed by atoms with Crippen molar-refractivity contribution >= 4 is 18.0 Å². The molecular weight excluding hydrogens is 372 g/mol. The van der Waals surface area contributed by atoms with Crippen LogP contribution < -0.4 is 5.32 Å². The number of amides is 2. The molecule has 0 aromatic carbocycles. The number of carbonyl (C=O) groups excluding carboxylic acids is 3. The van der Waals surface area contributed by atoms with E-state index in [0.717, 1.165) is 44.9 Å². The highest BCUT2D eigenvalue weighted by atomic mass is 16.5. The lowest BCUT2D eigenvalue weighted by Crippen LogP contribution is -2.55. The largest absolute Gasteiger partial charge is 0.467 e. The van der Waals surface area contributed by atoms with Crippen LogP contribution in [0.15, 0.2) is 12.7 Å². The summed E-state index contributed by atoms with van der Waals surface area (Å²) in [6.45, 7) is 8.47. The van der Waals surface area contributed by atoms with Crippen LogP contribution in [0, 0.1) is 11.3 Å². The van der Waals surface area contributed by atoms with Crippen molar-refractivity contribution in [3.05, 3.63) is 12.7 Å². The number of hydrogen-bond donors (Lipinski definition) is 1. The van der Waals surface area contributed by atoms with Gasteiger partial charge < -0.3 is 19.7 Å². The van der Waals surface area contributed by atoms with Crippen LogP contribution in [0.5, 0.6) is 0 Å². The second kappa shape index (κ2) is 10.6. The number of methoxy groups -OCH3 is 1. The highest BCUT2D eigenvalue weighted by Crippen LogP contribution is 2.29. The van der Waals surface area contributed by atoms with Gasteiger partial charge in [0, 0.05) is 13.4 Å². The van der Waals surface area contributed by atoms with E-state index in [0.29, 0.717) is 13.0 Å². The topological polar surface area (TPSA) is 84.9 Å². The zero-order valence-corrected chi connectivity index (χ0v) is 18.1. The number of rotatable bonds is 8. The Labute approximate surface area is 175 Å². The molecule has 0 spiro atoms. The third-order valence-corrected chi connectivity index (χ3v) is 5.96. The second-order valence-electron chi connectivity index (χ2n) is 8.97. The number of nitrogens with one attached hydrogen (secondary N) is 1. The number of alkyl carbamates (subject to hydrolysis) is 1. The fraction of sp³-hybridized carbons (Fsp3) is 0.773. The van der Waals surface area contributed by atoms with Gasteiger partial charge in [0.25, 0.3) is 0 Å². The number of hydrogen-bond acceptors (Lipinski definition) is 5. The smallest absolute Gasteiger partial charge is 0.407 e. The van der Waals surface area contributed by atoms with Crippen molar-refractivity contribution < 1.29 is 25.3 Å². The zero-order chi connectivity index (χ0) is 21.4. The Morgan fingerprint density at radius 2 is 1.90 bits per heavy atom. The van der Waals surface area contributed by atoms with E-state index in [1.54, 1.807) is 11.0 Å². The van der Waals surface area contributed by atoms with E-state index in [1.807, 2.05) is 13.8 Å². The average Bonchev–Trinajstić information content (AvgIpc) is 3.20. The van der Waals surface area contributed by atoms with Gasteiger partial charge in [-0.05, 0) is 38.0 Å². The molecule has 2 amide bonds. The normalized spacial score (nSPS) is 21.3. The van der Waals surface area contributed by atoms with Gasteiger partial charge in [0.1, 0.15) is 12.1 Å². The first kappa shape index (κ1) is 23.2. The molecule has 1 aliphatic carbocycles. The van der Waals surface area contributed by atoms with Gasteiger partial charge in [-0.1, -0.05) is 39.2 Å². The van der Waals surface area contributed by atoms with Crippen LogP contribution in [-0.4, -0.2) is 55.2 Å². The minimum atomic E-state index is -0.671. The Bertz CT molecular complexity index is 604. The van der Waals surface area contributed by atoms with Gasteiger partial charge in [0.2, 0.25) is 5.91 Å². The highest BCUT2D eigenvalue weighted by Gasteiger charge is 2.41. The number of nitrogens with zero attached hydrogens (tertiary/aromatic N) is 1. The molecule has 1 saturated heterocycles. The predicted molar refractivity (Wildman–Crippen MR) is 112 cm³/mol. The van der Waals surface area contributed by atoms with Gasteiger partial charge in [-0.25, -0.2) is 9.59 Å². The van der Waals surface area contributed by atoms with E-state index in [9.17, 15) is 14.4 Å². The summed E-state index contributed by atoms with van der Waals surface area (Å²) in [5, 5.41) is 2.83. The summed E-state index contributed by atoms with van der Waals surface area (Å²) in [5.74, 6) is -0.539. The van der Waals surface area contributed by atoms with Crippen LogP contribution in [0.3, 0.4) is 0 Å². The van der Waals surface area contributed by atoms with Crippen molar-refractivity contribution in [3.8, 4) is 0 Å². The van der Waals surface area contributed by atoms with Crippen LogP contribution in [0.1, 0.15) is 66.6 Å². The molecule has 166 valence electrons. The third kappa shape index (κ3) is 6.47. The van der Waals surface area contributed by atoms with Crippen molar-refractivity contribution in [3.63, 3.8) is 0 Å². The molecule has 1 N–H and O–H groups in total. The van der Waals surface area contributed by atoms with Crippen molar-refractivity contribution in [1.82, 2.24) is 10.2 Å². The third-order valence-electron chi connectivity index (χ3n) is 5.96. The van der Waals surface area contributed by atoms with Crippen molar-refractivity contribution in [2.45, 2.75) is 77.3 Å². The molecular formula is C22H38N2O5. The molecule has 0 aromatic heterocycles. The van der Waals surface area contributed by atoms with Crippen LogP contribution >= 0.6 is 0 Å². The van der Waals surface area contributed by atoms with Crippen molar-refractivity contribution in [2.24, 2.45) is 11.3 Å². The van der Waals surface area contributed by atoms with E-state index in [1.165, 1.54) is 7.11 Å². The fourth-order valence-electron chi connectivity index (χ4n) is 4.32. The summed E-state index contributed by atoms with van der Waals surface area (Å²) >= 11 is 0. The molecule has 7 nitrogen and oxygen atoms in total. The van der Waals surface area contributed by atoms with Gasteiger partial charge in [-0.15, -0.1) is 6.58 Å². The first-order valence-corrected chi connectivity index (χ1v) is 10.7. The van der Waals surface area contributed by atoms with Gasteiger partial charge in [0.05, 0.1) is 13.7 Å². The Kier molecular flexibility index (Phi) is 8.53. The Balaban J connectivity index is 0.00000450. The molecule has 0 unspecified atom stereocenters. The lowest BCUT2D eigenvalue weighted by atomic mass is 9.83. The first-order valence-electron chi connectivity index (χ1n) is 10.7. The molecule has 29 heavy (non-hydrogen) atoms. The monoisotopic (exact) mass is 410 g/mol. The Morgan fingerprint density at radius 1 is 1.21 bits per heavy atom. The number of allylic oxidation sites excluding steroid dienone is 1. The molecule has 2 aliphatic rings. The van der Waals surface area contributed by atoms with Gasteiger partial charge in [0.15, 0.2) is 0 Å². The standard InChI is InChI=1S/C22H36N2O5.H2/c1-5-13-22(2,3)15-29-21(27)23-18(16-10-7-6-8-11-16)19(25)24-14-9-12-17(24)20(26)28-4;/h5,16-18H,1,6-15H2,2-4H3,(H,23,27);1H/t17-,18-;/m0./s1. The minimum Gasteiger partial charge on any atom is -0.467 e. The molecule has 0 radical (unpaired) electrons. The Hall–Kier alpha value is -2.05. The molecule has 2 rings (SSSR count). The van der Waals surface area contributed by atoms with Gasteiger partial charge in [-0.2, -0.15) is 0 Å². The quantitative estimate of drug-likeness (QED) is 0.487. The van der Waals surface area contributed by atoms with Crippen LogP contribution in [-0.2, 0) is 19.1 Å². The summed E-state index contributed by atoms with van der Waals surface area (Å²) in [6.07, 6.45) is 8.28. The maximum atomic E-state index is 13.3. The summed E-state index contributed by atoms with van der Waals surface area (Å²) in [5.41, 5.74) is -0.214. The molecule has 2 fully saturated rings. The molecule has 2 atom stereocenters. The number of ether oxygens (including phenoxy) is 2. The summed E-state index contributed by atoms with van der Waals surface area (Å²) in [6, 6.07) is -1.24. The van der Waals surface area contributed by atoms with E-state index < -0.39 is 24.1 Å². The van der Waals surface area contributed by atoms with Gasteiger partial charge >= 0.3 is 12.1 Å². The lowest BCUT2D eigenvalue weighted by Gasteiger charge is -2.34. The molecule has 0 aromatic rings. The Morgan fingerprint density at radius 3 is 2.52 bits per heavy atom. The average molecular weight is 411 g/mol. The molecule has 1 saturated carbocycles. The van der Waals surface area contributed by atoms with Crippen LogP contribution in [0.25, 0.3) is 0 Å². The fourth-order valence-corrected chi connectivity index (χ4v) is 4.32. The van der Waals surface area contributed by atoms with Crippen molar-refractivity contribution in [2.75, 3.05) is 20.3 Å². The number of likely N-dealkylation sites (tertiary alicyclic amines) is 1. The summed E-state index contributed by atoms with van der Waals surface area (Å²) < 4.78 is 10.3. The SMILES string of the molecule is C=CCC(C)(C)COC(=O)N[C@H](C(=O)N1CCC[C@H]1C(=O)OC)C1CCCCC1.[HH]. The molecule has 7 heteroatoms. The second-order valence-corrected chi connectivity index (χ2v) is 8.97. The van der Waals surface area contributed by atoms with E-state index in [2.05, 4.69) is 11.9 Å². The lowest BCUT2D eigenvalue weighted by molar-refractivity contribution is -0.152. The predicted octanol–water partition coefficient (Wildman–Crippen LogP) is 3.67. The van der Waals surface area contributed by atoms with Crippen molar-refractivity contribution in [1.29, 1.82) is 0 Å². The van der Waals surface area contributed by atoms with E-state index >= 15 is 0 Å². The highest BCUT2D eigenvalue weighted by molar-refractivity contribution is 5.90. The van der Waals surface area contributed by atoms with Crippen LogP contribution in [0.2, 0.25) is 0 Å². The molecule has 1 aliphatic heterocycles. The molecule has 0 bridgehead atoms. The summed E-state index contributed by atoms with van der Waals surface area (Å²) in [4.78, 5) is 39.5. The maximum Gasteiger partial charge on any atom is 0.407 e. The van der Waals surface area contributed by atoms with Crippen LogP contribution in [0.4, 0.5) is 4.79 Å². The first-order chi connectivity index (χ1) is 13.8. The summed E-state index contributed by atoms with van der Waals surface area (Å²) in [7, 11) is 1.34. The maximum absolute atomic E-state index is 13.3. The van der Waals surface area contributed by atoms with E-state index in [4.69, 9.17) is 9.47 Å². The van der Waals surface area contributed by atoms with Gasteiger partial charge in [-0.3, -0.25) is 4.79 Å². The number of carbonyl (C=O) groups is 3.